The zero-order valence-corrected chi connectivity index (χ0v) is 14.8. The number of aryl methyl sites for hydroxylation is 1. The monoisotopic (exact) mass is 345 g/mol. The predicted molar refractivity (Wildman–Crippen MR) is 91.2 cm³/mol. The summed E-state index contributed by atoms with van der Waals surface area (Å²) < 4.78 is 16.1. The number of aromatic nitrogens is 2. The molecule has 1 amide bonds. The summed E-state index contributed by atoms with van der Waals surface area (Å²) in [5, 5.41) is 3.98. The molecular formula is C18H23N3O4. The molecule has 1 aromatic carbocycles. The van der Waals surface area contributed by atoms with Crippen molar-refractivity contribution in [2.45, 2.75) is 38.9 Å². The summed E-state index contributed by atoms with van der Waals surface area (Å²) >= 11 is 0. The van der Waals surface area contributed by atoms with Gasteiger partial charge in [0.2, 0.25) is 17.6 Å². The Labute approximate surface area is 146 Å². The van der Waals surface area contributed by atoms with Gasteiger partial charge in [-0.05, 0) is 38.1 Å². The SMILES string of the molecule is COc1ccc(-c2noc(CCC(=O)N3CC(C)OC(C)C3)n2)cc1. The molecule has 7 heteroatoms. The van der Waals surface area contributed by atoms with Crippen molar-refractivity contribution < 1.29 is 18.8 Å². The van der Waals surface area contributed by atoms with Crippen LogP contribution >= 0.6 is 0 Å². The third kappa shape index (κ3) is 4.36. The third-order valence-corrected chi connectivity index (χ3v) is 4.14. The first-order valence-corrected chi connectivity index (χ1v) is 8.45. The molecule has 0 radical (unpaired) electrons. The Kier molecular flexibility index (Phi) is 5.33. The topological polar surface area (TPSA) is 77.7 Å². The molecule has 0 bridgehead atoms. The van der Waals surface area contributed by atoms with Crippen molar-refractivity contribution in [3.8, 4) is 17.1 Å². The molecule has 0 saturated carbocycles. The van der Waals surface area contributed by atoms with Gasteiger partial charge in [-0.25, -0.2) is 0 Å². The standard InChI is InChI=1S/C18H23N3O4/c1-12-10-21(11-13(2)24-12)17(22)9-8-16-19-18(20-25-16)14-4-6-15(23-3)7-5-14/h4-7,12-13H,8-11H2,1-3H3. The van der Waals surface area contributed by atoms with Gasteiger partial charge in [-0.1, -0.05) is 5.16 Å². The van der Waals surface area contributed by atoms with Gasteiger partial charge in [0.15, 0.2) is 0 Å². The molecule has 1 aliphatic heterocycles. The number of ether oxygens (including phenoxy) is 2. The number of hydrogen-bond acceptors (Lipinski definition) is 6. The Morgan fingerprint density at radius 2 is 1.92 bits per heavy atom. The van der Waals surface area contributed by atoms with E-state index in [4.69, 9.17) is 14.0 Å². The molecule has 0 N–H and O–H groups in total. The second-order valence-corrected chi connectivity index (χ2v) is 6.30. The molecule has 3 rings (SSSR count). The van der Waals surface area contributed by atoms with Crippen LogP contribution in [0.2, 0.25) is 0 Å². The largest absolute Gasteiger partial charge is 0.497 e. The highest BCUT2D eigenvalue weighted by Gasteiger charge is 2.25. The lowest BCUT2D eigenvalue weighted by Gasteiger charge is -2.35. The number of benzene rings is 1. The van der Waals surface area contributed by atoms with Gasteiger partial charge in [-0.15, -0.1) is 0 Å². The minimum Gasteiger partial charge on any atom is -0.497 e. The Morgan fingerprint density at radius 3 is 2.56 bits per heavy atom. The van der Waals surface area contributed by atoms with Crippen molar-refractivity contribution in [1.82, 2.24) is 15.0 Å². The van der Waals surface area contributed by atoms with E-state index in [2.05, 4.69) is 10.1 Å². The van der Waals surface area contributed by atoms with Crippen molar-refractivity contribution in [2.75, 3.05) is 20.2 Å². The van der Waals surface area contributed by atoms with Crippen molar-refractivity contribution >= 4 is 5.91 Å². The lowest BCUT2D eigenvalue weighted by Crippen LogP contribution is -2.48. The second-order valence-electron chi connectivity index (χ2n) is 6.30. The highest BCUT2D eigenvalue weighted by Crippen LogP contribution is 2.20. The highest BCUT2D eigenvalue weighted by atomic mass is 16.5. The third-order valence-electron chi connectivity index (χ3n) is 4.14. The average molecular weight is 345 g/mol. The molecule has 2 unspecified atom stereocenters. The van der Waals surface area contributed by atoms with Gasteiger partial charge in [0, 0.05) is 31.5 Å². The summed E-state index contributed by atoms with van der Waals surface area (Å²) in [6, 6.07) is 7.43. The number of carbonyl (C=O) groups is 1. The number of carbonyl (C=O) groups excluding carboxylic acids is 1. The van der Waals surface area contributed by atoms with Crippen LogP contribution in [0.5, 0.6) is 5.75 Å². The molecule has 25 heavy (non-hydrogen) atoms. The summed E-state index contributed by atoms with van der Waals surface area (Å²) in [4.78, 5) is 18.6. The fourth-order valence-corrected chi connectivity index (χ4v) is 2.97. The zero-order chi connectivity index (χ0) is 17.8. The van der Waals surface area contributed by atoms with Crippen LogP contribution < -0.4 is 4.74 Å². The highest BCUT2D eigenvalue weighted by molar-refractivity contribution is 5.76. The molecule has 0 aliphatic carbocycles. The number of hydrogen-bond donors (Lipinski definition) is 0. The van der Waals surface area contributed by atoms with Crippen molar-refractivity contribution in [3.63, 3.8) is 0 Å². The van der Waals surface area contributed by atoms with Crippen molar-refractivity contribution in [3.05, 3.63) is 30.2 Å². The van der Waals surface area contributed by atoms with Gasteiger partial charge in [-0.2, -0.15) is 4.98 Å². The first-order valence-electron chi connectivity index (χ1n) is 8.45. The van der Waals surface area contributed by atoms with E-state index in [-0.39, 0.29) is 18.1 Å². The summed E-state index contributed by atoms with van der Waals surface area (Å²) in [6.45, 7) is 5.22. The van der Waals surface area contributed by atoms with Gasteiger partial charge in [-0.3, -0.25) is 4.79 Å². The van der Waals surface area contributed by atoms with Crippen molar-refractivity contribution in [2.24, 2.45) is 0 Å². The van der Waals surface area contributed by atoms with E-state index < -0.39 is 0 Å². The first kappa shape index (κ1) is 17.4. The summed E-state index contributed by atoms with van der Waals surface area (Å²) in [7, 11) is 1.62. The number of methoxy groups -OCH3 is 1. The van der Waals surface area contributed by atoms with Crippen LogP contribution in [0.4, 0.5) is 0 Å². The Bertz CT molecular complexity index is 703. The van der Waals surface area contributed by atoms with E-state index >= 15 is 0 Å². The number of rotatable bonds is 5. The van der Waals surface area contributed by atoms with E-state index in [1.807, 2.05) is 43.0 Å². The van der Waals surface area contributed by atoms with Crippen molar-refractivity contribution in [1.29, 1.82) is 0 Å². The minimum atomic E-state index is 0.0674. The molecular weight excluding hydrogens is 322 g/mol. The van der Waals surface area contributed by atoms with Gasteiger partial charge in [0.05, 0.1) is 19.3 Å². The van der Waals surface area contributed by atoms with Crippen LogP contribution in [0.15, 0.2) is 28.8 Å². The molecule has 2 atom stereocenters. The van der Waals surface area contributed by atoms with Crippen LogP contribution in [-0.4, -0.2) is 53.4 Å². The fraction of sp³-hybridized carbons (Fsp3) is 0.500. The van der Waals surface area contributed by atoms with Crippen LogP contribution in [0.25, 0.3) is 11.4 Å². The normalized spacial score (nSPS) is 20.5. The Balaban J connectivity index is 1.57. The molecule has 1 fully saturated rings. The van der Waals surface area contributed by atoms with Crippen LogP contribution in [-0.2, 0) is 16.0 Å². The number of amides is 1. The molecule has 1 aliphatic rings. The fourth-order valence-electron chi connectivity index (χ4n) is 2.97. The Hall–Kier alpha value is -2.41. The summed E-state index contributed by atoms with van der Waals surface area (Å²) in [5.74, 6) is 1.84. The smallest absolute Gasteiger partial charge is 0.227 e. The minimum absolute atomic E-state index is 0.0674. The zero-order valence-electron chi connectivity index (χ0n) is 14.8. The maximum atomic E-state index is 12.4. The molecule has 1 aromatic heterocycles. The maximum absolute atomic E-state index is 12.4. The van der Waals surface area contributed by atoms with E-state index in [0.29, 0.717) is 37.6 Å². The second kappa shape index (κ2) is 7.65. The molecule has 2 heterocycles. The number of nitrogens with zero attached hydrogens (tertiary/aromatic N) is 3. The van der Waals surface area contributed by atoms with Gasteiger partial charge < -0.3 is 18.9 Å². The molecule has 134 valence electrons. The Morgan fingerprint density at radius 1 is 1.24 bits per heavy atom. The summed E-state index contributed by atoms with van der Waals surface area (Å²) in [6.07, 6.45) is 0.918. The van der Waals surface area contributed by atoms with E-state index in [1.54, 1.807) is 7.11 Å². The first-order chi connectivity index (χ1) is 12.0. The molecule has 0 spiro atoms. The summed E-state index contributed by atoms with van der Waals surface area (Å²) in [5.41, 5.74) is 0.845. The quantitative estimate of drug-likeness (QED) is 0.827. The molecule has 1 saturated heterocycles. The van der Waals surface area contributed by atoms with Crippen LogP contribution in [0.3, 0.4) is 0 Å². The average Bonchev–Trinajstić information content (AvgIpc) is 3.08. The van der Waals surface area contributed by atoms with Gasteiger partial charge in [0.25, 0.3) is 0 Å². The van der Waals surface area contributed by atoms with Gasteiger partial charge >= 0.3 is 0 Å². The maximum Gasteiger partial charge on any atom is 0.227 e. The van der Waals surface area contributed by atoms with Crippen LogP contribution in [0, 0.1) is 0 Å². The predicted octanol–water partition coefficient (Wildman–Crippen LogP) is 2.31. The van der Waals surface area contributed by atoms with Gasteiger partial charge in [0.1, 0.15) is 5.75 Å². The van der Waals surface area contributed by atoms with Crippen LogP contribution in [0.1, 0.15) is 26.2 Å². The lowest BCUT2D eigenvalue weighted by atomic mass is 10.2. The molecule has 7 nitrogen and oxygen atoms in total. The lowest BCUT2D eigenvalue weighted by molar-refractivity contribution is -0.143. The molecule has 2 aromatic rings. The van der Waals surface area contributed by atoms with E-state index in [0.717, 1.165) is 11.3 Å². The number of morpholine rings is 1. The van der Waals surface area contributed by atoms with E-state index in [1.165, 1.54) is 0 Å². The van der Waals surface area contributed by atoms with E-state index in [9.17, 15) is 4.79 Å².